The molecule has 0 fully saturated rings. The molecule has 0 bridgehead atoms. The molecule has 0 spiro atoms. The van der Waals surface area contributed by atoms with Gasteiger partial charge in [0.15, 0.2) is 0 Å². The lowest BCUT2D eigenvalue weighted by Gasteiger charge is -1.94. The normalized spacial score (nSPS) is 11.2. The summed E-state index contributed by atoms with van der Waals surface area (Å²) < 4.78 is 2.60. The van der Waals surface area contributed by atoms with E-state index in [1.165, 1.54) is 26.2 Å². The molecule has 3 aromatic rings. The zero-order valence-corrected chi connectivity index (χ0v) is 9.87. The highest BCUT2D eigenvalue weighted by molar-refractivity contribution is 7.25. The van der Waals surface area contributed by atoms with Crippen LogP contribution in [0.1, 0.15) is 5.56 Å². The van der Waals surface area contributed by atoms with Crippen molar-refractivity contribution >= 4 is 37.6 Å². The number of hydrogen-bond donors (Lipinski definition) is 0. The molecule has 0 saturated heterocycles. The van der Waals surface area contributed by atoms with Gasteiger partial charge in [0.2, 0.25) is 0 Å². The van der Waals surface area contributed by atoms with Crippen LogP contribution in [0.3, 0.4) is 0 Å². The molecule has 1 heterocycles. The smallest absolute Gasteiger partial charge is 0.0912 e. The molecule has 0 N–H and O–H groups in total. The first kappa shape index (κ1) is 10.1. The lowest BCUT2D eigenvalue weighted by molar-refractivity contribution is 1.54. The van der Waals surface area contributed by atoms with E-state index in [9.17, 15) is 0 Å². The van der Waals surface area contributed by atoms with Crippen LogP contribution < -0.4 is 0 Å². The van der Waals surface area contributed by atoms with Gasteiger partial charge in [-0.2, -0.15) is 5.26 Å². The molecule has 80 valence electrons. The third kappa shape index (κ3) is 1.71. The van der Waals surface area contributed by atoms with Gasteiger partial charge in [-0.25, -0.2) is 0 Å². The highest BCUT2D eigenvalue weighted by Gasteiger charge is 2.03. The molecule has 0 saturated carbocycles. The topological polar surface area (TPSA) is 23.8 Å². The molecule has 0 radical (unpaired) electrons. The van der Waals surface area contributed by atoms with Crippen LogP contribution in [0.5, 0.6) is 0 Å². The number of hydrogen-bond acceptors (Lipinski definition) is 2. The fraction of sp³-hybridized carbons (Fsp3) is 0. The predicted molar refractivity (Wildman–Crippen MR) is 74.0 cm³/mol. The monoisotopic (exact) mass is 235 g/mol. The number of allylic oxidation sites excluding steroid dienone is 1. The number of nitrogens with zero attached hydrogens (tertiary/aromatic N) is 1. The maximum absolute atomic E-state index is 8.54. The van der Waals surface area contributed by atoms with Crippen molar-refractivity contribution in [3.05, 3.63) is 54.1 Å². The summed E-state index contributed by atoms with van der Waals surface area (Å²) in [5, 5.41) is 11.1. The van der Waals surface area contributed by atoms with Gasteiger partial charge < -0.3 is 0 Å². The summed E-state index contributed by atoms with van der Waals surface area (Å²) in [7, 11) is 0. The predicted octanol–water partition coefficient (Wildman–Crippen LogP) is 4.59. The van der Waals surface area contributed by atoms with Crippen LogP contribution in [0, 0.1) is 11.3 Å². The first-order valence-electron chi connectivity index (χ1n) is 5.36. The molecule has 2 aromatic carbocycles. The minimum absolute atomic E-state index is 1.07. The Bertz CT molecular complexity index is 759. The van der Waals surface area contributed by atoms with Gasteiger partial charge in [-0.1, -0.05) is 24.3 Å². The van der Waals surface area contributed by atoms with Crippen molar-refractivity contribution in [2.45, 2.75) is 0 Å². The lowest BCUT2D eigenvalue weighted by atomic mass is 10.1. The second-order valence-corrected chi connectivity index (χ2v) is 4.90. The van der Waals surface area contributed by atoms with Gasteiger partial charge in [0, 0.05) is 26.2 Å². The Kier molecular flexibility index (Phi) is 2.40. The van der Waals surface area contributed by atoms with Gasteiger partial charge in [0.25, 0.3) is 0 Å². The van der Waals surface area contributed by atoms with Crippen LogP contribution >= 0.6 is 11.3 Å². The molecule has 0 aliphatic heterocycles. The Labute approximate surface area is 103 Å². The Balaban J connectivity index is 2.30. The molecule has 0 amide bonds. The second kappa shape index (κ2) is 4.04. The highest BCUT2D eigenvalue weighted by atomic mass is 32.1. The number of rotatable bonds is 1. The molecule has 1 nitrogen and oxygen atoms in total. The quantitative estimate of drug-likeness (QED) is 0.566. The Morgan fingerprint density at radius 1 is 1.00 bits per heavy atom. The van der Waals surface area contributed by atoms with E-state index in [1.54, 1.807) is 11.3 Å². The third-order valence-electron chi connectivity index (χ3n) is 2.75. The van der Waals surface area contributed by atoms with E-state index in [0.29, 0.717) is 0 Å². The third-order valence-corrected chi connectivity index (χ3v) is 3.90. The molecule has 0 unspecified atom stereocenters. The van der Waals surface area contributed by atoms with Gasteiger partial charge in [-0.3, -0.25) is 0 Å². The average molecular weight is 235 g/mol. The minimum Gasteiger partial charge on any atom is -0.193 e. The summed E-state index contributed by atoms with van der Waals surface area (Å²) in [4.78, 5) is 0. The largest absolute Gasteiger partial charge is 0.193 e. The van der Waals surface area contributed by atoms with Gasteiger partial charge in [0.1, 0.15) is 0 Å². The van der Waals surface area contributed by atoms with E-state index in [-0.39, 0.29) is 0 Å². The Morgan fingerprint density at radius 3 is 2.71 bits per heavy atom. The van der Waals surface area contributed by atoms with Gasteiger partial charge in [-0.15, -0.1) is 11.3 Å². The van der Waals surface area contributed by atoms with Crippen molar-refractivity contribution in [2.75, 3.05) is 0 Å². The first-order chi connectivity index (χ1) is 8.38. The van der Waals surface area contributed by atoms with Gasteiger partial charge >= 0.3 is 0 Å². The van der Waals surface area contributed by atoms with Gasteiger partial charge in [0.05, 0.1) is 6.07 Å². The highest BCUT2D eigenvalue weighted by Crippen LogP contribution is 2.34. The minimum atomic E-state index is 1.07. The van der Waals surface area contributed by atoms with Crippen molar-refractivity contribution in [2.24, 2.45) is 0 Å². The molecule has 2 heteroatoms. The van der Waals surface area contributed by atoms with Crippen molar-refractivity contribution in [3.63, 3.8) is 0 Å². The molecule has 1 aromatic heterocycles. The Hall–Kier alpha value is -2.11. The number of benzene rings is 2. The van der Waals surface area contributed by atoms with Crippen LogP contribution in [0.2, 0.25) is 0 Å². The fourth-order valence-electron chi connectivity index (χ4n) is 1.98. The molecular weight excluding hydrogens is 226 g/mol. The maximum Gasteiger partial charge on any atom is 0.0912 e. The second-order valence-electron chi connectivity index (χ2n) is 3.82. The van der Waals surface area contributed by atoms with Crippen molar-refractivity contribution in [3.8, 4) is 6.07 Å². The first-order valence-corrected chi connectivity index (χ1v) is 6.17. The molecule has 0 aliphatic carbocycles. The van der Waals surface area contributed by atoms with Gasteiger partial charge in [-0.05, 0) is 29.8 Å². The number of fused-ring (bicyclic) bond motifs is 3. The summed E-state index contributed by atoms with van der Waals surface area (Å²) in [6.45, 7) is 0. The molecule has 3 rings (SSSR count). The zero-order valence-electron chi connectivity index (χ0n) is 9.05. The van der Waals surface area contributed by atoms with Crippen LogP contribution in [-0.4, -0.2) is 0 Å². The Morgan fingerprint density at radius 2 is 1.82 bits per heavy atom. The zero-order chi connectivity index (χ0) is 11.7. The molecule has 0 aliphatic rings. The van der Waals surface area contributed by atoms with Crippen LogP contribution in [0.4, 0.5) is 0 Å². The summed E-state index contributed by atoms with van der Waals surface area (Å²) in [6.07, 6.45) is 3.35. The average Bonchev–Trinajstić information content (AvgIpc) is 2.74. The van der Waals surface area contributed by atoms with Crippen LogP contribution in [-0.2, 0) is 0 Å². The van der Waals surface area contributed by atoms with E-state index in [1.807, 2.05) is 18.2 Å². The van der Waals surface area contributed by atoms with E-state index in [0.717, 1.165) is 5.56 Å². The van der Waals surface area contributed by atoms with Crippen molar-refractivity contribution in [1.82, 2.24) is 0 Å². The molecular formula is C15H9NS. The van der Waals surface area contributed by atoms with Crippen molar-refractivity contribution in [1.29, 1.82) is 5.26 Å². The molecule has 0 atom stereocenters. The summed E-state index contributed by atoms with van der Waals surface area (Å²) in [6, 6.07) is 16.7. The summed E-state index contributed by atoms with van der Waals surface area (Å²) >= 11 is 1.81. The number of nitriles is 1. The summed E-state index contributed by atoms with van der Waals surface area (Å²) in [5.74, 6) is 0. The van der Waals surface area contributed by atoms with E-state index >= 15 is 0 Å². The van der Waals surface area contributed by atoms with E-state index in [4.69, 9.17) is 5.26 Å². The summed E-state index contributed by atoms with van der Waals surface area (Å²) in [5.41, 5.74) is 1.07. The van der Waals surface area contributed by atoms with Crippen LogP contribution in [0.25, 0.3) is 26.2 Å². The maximum atomic E-state index is 8.54. The SMILES string of the molecule is N#CC=Cc1ccc2sc3ccccc3c2c1. The van der Waals surface area contributed by atoms with E-state index < -0.39 is 0 Å². The fourth-order valence-corrected chi connectivity index (χ4v) is 3.07. The standard InChI is InChI=1S/C15H9NS/c16-9-3-4-11-7-8-15-13(10-11)12-5-1-2-6-14(12)17-15/h1-8,10H. The number of thiophene rings is 1. The molecule has 17 heavy (non-hydrogen) atoms. The van der Waals surface area contributed by atoms with E-state index in [2.05, 4.69) is 36.4 Å². The lowest BCUT2D eigenvalue weighted by Crippen LogP contribution is -1.71. The van der Waals surface area contributed by atoms with Crippen LogP contribution in [0.15, 0.2) is 48.5 Å². The van der Waals surface area contributed by atoms with Crippen molar-refractivity contribution < 1.29 is 0 Å².